The van der Waals surface area contributed by atoms with Gasteiger partial charge < -0.3 is 9.32 Å². The predicted molar refractivity (Wildman–Crippen MR) is 98.7 cm³/mol. The molecule has 6 nitrogen and oxygen atoms in total. The number of pyridine rings is 1. The highest BCUT2D eigenvalue weighted by Gasteiger charge is 2.30. The maximum absolute atomic E-state index is 12.4. The number of aromatic nitrogens is 3. The Morgan fingerprint density at radius 3 is 3.08 bits per heavy atom. The number of aryl methyl sites for hydroxylation is 1. The lowest BCUT2D eigenvalue weighted by atomic mass is 10.1. The smallest absolute Gasteiger partial charge is 0.248 e. The summed E-state index contributed by atoms with van der Waals surface area (Å²) >= 11 is 1.60. The average Bonchev–Trinajstić information content (AvgIpc) is 3.42. The molecule has 134 valence electrons. The third-order valence-electron chi connectivity index (χ3n) is 4.65. The Bertz CT molecular complexity index is 848. The van der Waals surface area contributed by atoms with Gasteiger partial charge in [0.05, 0.1) is 5.92 Å². The lowest BCUT2D eigenvalue weighted by Crippen LogP contribution is -2.28. The fourth-order valence-corrected chi connectivity index (χ4v) is 3.85. The molecule has 1 fully saturated rings. The van der Waals surface area contributed by atoms with E-state index in [1.807, 2.05) is 39.9 Å². The number of amides is 1. The first kappa shape index (κ1) is 16.9. The summed E-state index contributed by atoms with van der Waals surface area (Å²) < 4.78 is 5.82. The number of carbonyl (C=O) groups excluding carboxylic acids is 1. The zero-order valence-electron chi connectivity index (χ0n) is 14.4. The summed E-state index contributed by atoms with van der Waals surface area (Å²) in [6, 6.07) is 7.84. The molecular formula is C19H20N4O2S. The van der Waals surface area contributed by atoms with E-state index >= 15 is 0 Å². The van der Waals surface area contributed by atoms with Crippen molar-refractivity contribution >= 4 is 17.2 Å². The van der Waals surface area contributed by atoms with Crippen LogP contribution in [0.3, 0.4) is 0 Å². The summed E-state index contributed by atoms with van der Waals surface area (Å²) in [5, 5.41) is 12.3. The lowest BCUT2D eigenvalue weighted by molar-refractivity contribution is -0.130. The maximum atomic E-state index is 12.4. The van der Waals surface area contributed by atoms with Gasteiger partial charge in [0.15, 0.2) is 0 Å². The largest absolute Gasteiger partial charge is 0.420 e. The molecular weight excluding hydrogens is 348 g/mol. The van der Waals surface area contributed by atoms with E-state index in [-0.39, 0.29) is 11.8 Å². The van der Waals surface area contributed by atoms with Gasteiger partial charge in [-0.3, -0.25) is 9.78 Å². The van der Waals surface area contributed by atoms with Crippen LogP contribution in [0.4, 0.5) is 0 Å². The van der Waals surface area contributed by atoms with Crippen molar-refractivity contribution in [3.8, 4) is 11.5 Å². The van der Waals surface area contributed by atoms with E-state index < -0.39 is 0 Å². The molecule has 1 amide bonds. The number of carbonyl (C=O) groups is 1. The quantitative estimate of drug-likeness (QED) is 0.665. The topological polar surface area (TPSA) is 72.1 Å². The number of hydrogen-bond acceptors (Lipinski definition) is 6. The third-order valence-corrected chi connectivity index (χ3v) is 5.33. The van der Waals surface area contributed by atoms with Crippen LogP contribution in [0.2, 0.25) is 0 Å². The molecule has 4 rings (SSSR count). The zero-order valence-corrected chi connectivity index (χ0v) is 15.2. The predicted octanol–water partition coefficient (Wildman–Crippen LogP) is 3.53. The van der Waals surface area contributed by atoms with Crippen LogP contribution in [-0.2, 0) is 11.2 Å². The minimum absolute atomic E-state index is 0.134. The van der Waals surface area contributed by atoms with Crippen molar-refractivity contribution < 1.29 is 9.21 Å². The Kier molecular flexibility index (Phi) is 5.06. The molecule has 0 aliphatic carbocycles. The molecule has 4 heterocycles. The van der Waals surface area contributed by atoms with Crippen LogP contribution in [0.15, 0.2) is 45.6 Å². The van der Waals surface area contributed by atoms with Crippen molar-refractivity contribution in [3.63, 3.8) is 0 Å². The molecule has 1 aliphatic rings. The van der Waals surface area contributed by atoms with E-state index in [1.54, 1.807) is 17.5 Å². The van der Waals surface area contributed by atoms with Gasteiger partial charge in [0.2, 0.25) is 17.7 Å². The van der Waals surface area contributed by atoms with Crippen LogP contribution in [0.25, 0.3) is 11.5 Å². The summed E-state index contributed by atoms with van der Waals surface area (Å²) in [6.07, 6.45) is 4.86. The van der Waals surface area contributed by atoms with Crippen molar-refractivity contribution in [1.29, 1.82) is 0 Å². The molecule has 1 aliphatic heterocycles. The van der Waals surface area contributed by atoms with Gasteiger partial charge >= 0.3 is 0 Å². The molecule has 1 unspecified atom stereocenters. The summed E-state index contributed by atoms with van der Waals surface area (Å²) in [5.41, 5.74) is 1.99. The fourth-order valence-electron chi connectivity index (χ4n) is 3.22. The van der Waals surface area contributed by atoms with Gasteiger partial charge in [-0.05, 0) is 42.8 Å². The Balaban J connectivity index is 1.28. The SMILES string of the molecule is O=C(CCCc1ccccn1)N1CCC(c2nnc(-c3ccsc3)o2)C1. The lowest BCUT2D eigenvalue weighted by Gasteiger charge is -2.15. The molecule has 0 bridgehead atoms. The van der Waals surface area contributed by atoms with Gasteiger partial charge in [-0.2, -0.15) is 11.3 Å². The van der Waals surface area contributed by atoms with Crippen LogP contribution >= 0.6 is 11.3 Å². The third kappa shape index (κ3) is 3.83. The first-order chi connectivity index (χ1) is 12.8. The molecule has 0 saturated carbocycles. The van der Waals surface area contributed by atoms with E-state index in [0.717, 1.165) is 37.1 Å². The number of likely N-dealkylation sites (tertiary alicyclic amines) is 1. The van der Waals surface area contributed by atoms with Gasteiger partial charge in [0.25, 0.3) is 0 Å². The summed E-state index contributed by atoms with van der Waals surface area (Å²) in [7, 11) is 0. The molecule has 3 aromatic heterocycles. The minimum atomic E-state index is 0.134. The summed E-state index contributed by atoms with van der Waals surface area (Å²) in [4.78, 5) is 18.7. The van der Waals surface area contributed by atoms with E-state index in [9.17, 15) is 4.79 Å². The van der Waals surface area contributed by atoms with Crippen molar-refractivity contribution in [2.24, 2.45) is 0 Å². The van der Waals surface area contributed by atoms with Crippen molar-refractivity contribution in [2.45, 2.75) is 31.6 Å². The Hall–Kier alpha value is -2.54. The first-order valence-corrected chi connectivity index (χ1v) is 9.77. The summed E-state index contributed by atoms with van der Waals surface area (Å²) in [6.45, 7) is 1.41. The normalized spacial score (nSPS) is 16.9. The van der Waals surface area contributed by atoms with Gasteiger partial charge in [0, 0.05) is 42.3 Å². The number of nitrogens with zero attached hydrogens (tertiary/aromatic N) is 4. The van der Waals surface area contributed by atoms with Crippen LogP contribution in [-0.4, -0.2) is 39.1 Å². The number of rotatable bonds is 6. The highest BCUT2D eigenvalue weighted by molar-refractivity contribution is 7.08. The molecule has 0 radical (unpaired) electrons. The fraction of sp³-hybridized carbons (Fsp3) is 0.368. The minimum Gasteiger partial charge on any atom is -0.420 e. The van der Waals surface area contributed by atoms with Crippen LogP contribution < -0.4 is 0 Å². The van der Waals surface area contributed by atoms with Gasteiger partial charge in [-0.25, -0.2) is 0 Å². The molecule has 1 atom stereocenters. The highest BCUT2D eigenvalue weighted by atomic mass is 32.1. The number of hydrogen-bond donors (Lipinski definition) is 0. The van der Waals surface area contributed by atoms with E-state index in [2.05, 4.69) is 15.2 Å². The monoisotopic (exact) mass is 368 g/mol. The molecule has 1 saturated heterocycles. The first-order valence-electron chi connectivity index (χ1n) is 8.83. The molecule has 7 heteroatoms. The van der Waals surface area contributed by atoms with Gasteiger partial charge in [-0.15, -0.1) is 10.2 Å². The van der Waals surface area contributed by atoms with Crippen molar-refractivity contribution in [3.05, 3.63) is 52.8 Å². The molecule has 0 N–H and O–H groups in total. The van der Waals surface area contributed by atoms with Crippen molar-refractivity contribution in [2.75, 3.05) is 13.1 Å². The molecule has 26 heavy (non-hydrogen) atoms. The number of thiophene rings is 1. The Morgan fingerprint density at radius 2 is 2.27 bits per heavy atom. The van der Waals surface area contributed by atoms with Gasteiger partial charge in [-0.1, -0.05) is 6.07 Å². The van der Waals surface area contributed by atoms with Crippen LogP contribution in [0.1, 0.15) is 36.8 Å². The second-order valence-electron chi connectivity index (χ2n) is 6.46. The van der Waals surface area contributed by atoms with Crippen LogP contribution in [0.5, 0.6) is 0 Å². The Labute approximate surface area is 155 Å². The molecule has 0 aromatic carbocycles. The second-order valence-corrected chi connectivity index (χ2v) is 7.24. The van der Waals surface area contributed by atoms with E-state index in [0.29, 0.717) is 24.7 Å². The maximum Gasteiger partial charge on any atom is 0.248 e. The van der Waals surface area contributed by atoms with Gasteiger partial charge in [0.1, 0.15) is 0 Å². The highest BCUT2D eigenvalue weighted by Crippen LogP contribution is 2.29. The van der Waals surface area contributed by atoms with Crippen molar-refractivity contribution in [1.82, 2.24) is 20.1 Å². The zero-order chi connectivity index (χ0) is 17.8. The molecule has 0 spiro atoms. The molecule has 3 aromatic rings. The Morgan fingerprint density at radius 1 is 1.31 bits per heavy atom. The van der Waals surface area contributed by atoms with E-state index in [4.69, 9.17) is 4.42 Å². The average molecular weight is 368 g/mol. The standard InChI is InChI=1S/C19H20N4O2S/c24-17(6-3-5-16-4-1-2-9-20-16)23-10-7-14(12-23)18-21-22-19(25-18)15-8-11-26-13-15/h1-2,4,8-9,11,13-14H,3,5-7,10,12H2. The second kappa shape index (κ2) is 7.78. The van der Waals surface area contributed by atoms with E-state index in [1.165, 1.54) is 0 Å². The summed E-state index contributed by atoms with van der Waals surface area (Å²) in [5.74, 6) is 1.52. The van der Waals surface area contributed by atoms with Crippen LogP contribution in [0, 0.1) is 0 Å².